The summed E-state index contributed by atoms with van der Waals surface area (Å²) in [6, 6.07) is 8.49. The van der Waals surface area contributed by atoms with E-state index in [2.05, 4.69) is 15.6 Å². The molecule has 0 aliphatic carbocycles. The maximum Gasteiger partial charge on any atom is 0.252 e. The number of H-pyrrole nitrogens is 1. The third kappa shape index (κ3) is 2.81. The van der Waals surface area contributed by atoms with E-state index in [1.165, 1.54) is 6.07 Å². The van der Waals surface area contributed by atoms with Crippen molar-refractivity contribution in [3.8, 4) is 0 Å². The smallest absolute Gasteiger partial charge is 0.252 e. The Morgan fingerprint density at radius 2 is 2.14 bits per heavy atom. The van der Waals surface area contributed by atoms with Crippen molar-refractivity contribution in [1.29, 1.82) is 0 Å². The maximum atomic E-state index is 12.3. The first-order chi connectivity index (χ1) is 10.1. The Morgan fingerprint density at radius 3 is 2.90 bits per heavy atom. The number of hydrogen-bond acceptors (Lipinski definition) is 4. The molecule has 1 aromatic heterocycles. The zero-order chi connectivity index (χ0) is 14.8. The minimum Gasteiger partial charge on any atom is -0.391 e. The van der Waals surface area contributed by atoms with Gasteiger partial charge in [0.05, 0.1) is 11.7 Å². The summed E-state index contributed by atoms with van der Waals surface area (Å²) in [7, 11) is 0. The van der Waals surface area contributed by atoms with E-state index >= 15 is 0 Å². The van der Waals surface area contributed by atoms with Gasteiger partial charge in [-0.2, -0.15) is 0 Å². The minimum atomic E-state index is -0.443. The van der Waals surface area contributed by atoms with Gasteiger partial charge in [0.2, 0.25) is 5.56 Å². The van der Waals surface area contributed by atoms with Crippen LogP contribution in [0.3, 0.4) is 0 Å². The molecule has 2 aromatic rings. The molecule has 0 saturated carbocycles. The van der Waals surface area contributed by atoms with Crippen LogP contribution in [-0.4, -0.2) is 41.7 Å². The fourth-order valence-corrected chi connectivity index (χ4v) is 2.64. The molecule has 1 amide bonds. The molecule has 1 saturated heterocycles. The van der Waals surface area contributed by atoms with Crippen molar-refractivity contribution < 1.29 is 9.90 Å². The molecule has 4 N–H and O–H groups in total. The number of nitrogens with one attached hydrogen (secondary N) is 3. The minimum absolute atomic E-state index is 0.00205. The van der Waals surface area contributed by atoms with Gasteiger partial charge in [-0.25, -0.2) is 0 Å². The van der Waals surface area contributed by atoms with Gasteiger partial charge in [0.15, 0.2) is 0 Å². The quantitative estimate of drug-likeness (QED) is 0.631. The fourth-order valence-electron chi connectivity index (χ4n) is 2.64. The van der Waals surface area contributed by atoms with E-state index in [1.54, 1.807) is 18.2 Å². The third-order valence-electron chi connectivity index (χ3n) is 3.82. The molecule has 3 rings (SSSR count). The highest BCUT2D eigenvalue weighted by atomic mass is 16.3. The van der Waals surface area contributed by atoms with Gasteiger partial charge in [0.1, 0.15) is 0 Å². The average molecular weight is 287 g/mol. The Balaban J connectivity index is 1.82. The van der Waals surface area contributed by atoms with E-state index < -0.39 is 6.10 Å². The van der Waals surface area contributed by atoms with E-state index in [1.807, 2.05) is 6.07 Å². The molecule has 6 nitrogen and oxygen atoms in total. The van der Waals surface area contributed by atoms with Crippen LogP contribution in [0.25, 0.3) is 10.9 Å². The van der Waals surface area contributed by atoms with Crippen molar-refractivity contribution in [3.63, 3.8) is 0 Å². The molecule has 2 heterocycles. The first-order valence-electron chi connectivity index (χ1n) is 6.94. The number of rotatable bonds is 3. The van der Waals surface area contributed by atoms with Crippen molar-refractivity contribution in [2.45, 2.75) is 6.10 Å². The second kappa shape index (κ2) is 5.67. The van der Waals surface area contributed by atoms with E-state index in [0.717, 1.165) is 0 Å². The van der Waals surface area contributed by atoms with E-state index in [-0.39, 0.29) is 17.4 Å². The lowest BCUT2D eigenvalue weighted by molar-refractivity contribution is 0.0928. The predicted octanol–water partition coefficient (Wildman–Crippen LogP) is -0.162. The summed E-state index contributed by atoms with van der Waals surface area (Å²) >= 11 is 0. The molecule has 1 fully saturated rings. The summed E-state index contributed by atoms with van der Waals surface area (Å²) in [5.74, 6) is -0.293. The number of aliphatic hydroxyl groups is 1. The van der Waals surface area contributed by atoms with Crippen molar-refractivity contribution in [3.05, 3.63) is 46.2 Å². The van der Waals surface area contributed by atoms with Crippen LogP contribution in [-0.2, 0) is 0 Å². The van der Waals surface area contributed by atoms with Crippen molar-refractivity contribution in [2.75, 3.05) is 19.6 Å². The van der Waals surface area contributed by atoms with E-state index in [4.69, 9.17) is 0 Å². The molecule has 21 heavy (non-hydrogen) atoms. The summed E-state index contributed by atoms with van der Waals surface area (Å²) in [5, 5.41) is 16.3. The van der Waals surface area contributed by atoms with Crippen LogP contribution in [0.1, 0.15) is 10.4 Å². The second-order valence-corrected chi connectivity index (χ2v) is 5.29. The lowest BCUT2D eigenvalue weighted by atomic mass is 10.1. The van der Waals surface area contributed by atoms with Crippen LogP contribution in [0, 0.1) is 5.92 Å². The molecule has 1 aliphatic rings. The SMILES string of the molecule is O=C(NCC1CNCC1O)c1cc(=O)[nH]c2ccccc12. The standard InChI is InChI=1S/C15H17N3O3/c19-13-8-16-6-9(13)7-17-15(21)11-5-14(20)18-12-4-2-1-3-10(11)12/h1-5,9,13,16,19H,6-8H2,(H,17,21)(H,18,20). The van der Waals surface area contributed by atoms with Gasteiger partial charge in [-0.15, -0.1) is 0 Å². The maximum absolute atomic E-state index is 12.3. The number of aromatic amines is 1. The van der Waals surface area contributed by atoms with E-state index in [9.17, 15) is 14.7 Å². The van der Waals surface area contributed by atoms with Crippen LogP contribution < -0.4 is 16.2 Å². The first kappa shape index (κ1) is 13.8. The summed E-state index contributed by atoms with van der Waals surface area (Å²) < 4.78 is 0. The van der Waals surface area contributed by atoms with Gasteiger partial charge in [-0.1, -0.05) is 18.2 Å². The molecule has 1 aromatic carbocycles. The fraction of sp³-hybridized carbons (Fsp3) is 0.333. The number of carbonyl (C=O) groups excluding carboxylic acids is 1. The summed E-state index contributed by atoms with van der Waals surface area (Å²) in [6.07, 6.45) is -0.443. The van der Waals surface area contributed by atoms with Gasteiger partial charge in [0, 0.05) is 42.5 Å². The van der Waals surface area contributed by atoms with Gasteiger partial charge < -0.3 is 20.7 Å². The molecule has 110 valence electrons. The number of aromatic nitrogens is 1. The van der Waals surface area contributed by atoms with E-state index in [0.29, 0.717) is 36.1 Å². The number of para-hydroxylation sites is 1. The lowest BCUT2D eigenvalue weighted by Gasteiger charge is -2.14. The Bertz CT molecular complexity index is 725. The third-order valence-corrected chi connectivity index (χ3v) is 3.82. The van der Waals surface area contributed by atoms with Gasteiger partial charge in [0.25, 0.3) is 5.91 Å². The summed E-state index contributed by atoms with van der Waals surface area (Å²) in [4.78, 5) is 26.6. The number of β-amino-alcohol motifs (C(OH)–C–C–N with tert-alkyl or cyclic N) is 1. The zero-order valence-corrected chi connectivity index (χ0v) is 11.4. The van der Waals surface area contributed by atoms with Crippen molar-refractivity contribution in [1.82, 2.24) is 15.6 Å². The Labute approximate surface area is 121 Å². The highest BCUT2D eigenvalue weighted by Crippen LogP contribution is 2.15. The summed E-state index contributed by atoms with van der Waals surface area (Å²) in [5.41, 5.74) is 0.689. The number of benzene rings is 1. The Morgan fingerprint density at radius 1 is 1.33 bits per heavy atom. The Hall–Kier alpha value is -2.18. The van der Waals surface area contributed by atoms with Crippen molar-refractivity contribution >= 4 is 16.8 Å². The highest BCUT2D eigenvalue weighted by Gasteiger charge is 2.25. The van der Waals surface area contributed by atoms with Crippen LogP contribution in [0.15, 0.2) is 35.1 Å². The topological polar surface area (TPSA) is 94.2 Å². The molecule has 0 bridgehead atoms. The first-order valence-corrected chi connectivity index (χ1v) is 6.94. The molecule has 0 spiro atoms. The largest absolute Gasteiger partial charge is 0.391 e. The van der Waals surface area contributed by atoms with Gasteiger partial charge >= 0.3 is 0 Å². The van der Waals surface area contributed by atoms with Crippen LogP contribution >= 0.6 is 0 Å². The second-order valence-electron chi connectivity index (χ2n) is 5.29. The number of amides is 1. The number of hydrogen-bond donors (Lipinski definition) is 4. The molecular formula is C15H17N3O3. The molecule has 1 aliphatic heterocycles. The number of aliphatic hydroxyl groups excluding tert-OH is 1. The van der Waals surface area contributed by atoms with Crippen molar-refractivity contribution in [2.24, 2.45) is 5.92 Å². The molecule has 6 heteroatoms. The molecule has 2 unspecified atom stereocenters. The van der Waals surface area contributed by atoms with Crippen LogP contribution in [0.5, 0.6) is 0 Å². The number of pyridine rings is 1. The zero-order valence-electron chi connectivity index (χ0n) is 11.4. The van der Waals surface area contributed by atoms with Crippen LogP contribution in [0.4, 0.5) is 0 Å². The molecule has 2 atom stereocenters. The average Bonchev–Trinajstić information content (AvgIpc) is 2.89. The van der Waals surface area contributed by atoms with Crippen LogP contribution in [0.2, 0.25) is 0 Å². The summed E-state index contributed by atoms with van der Waals surface area (Å²) in [6.45, 7) is 1.61. The normalized spacial score (nSPS) is 21.6. The predicted molar refractivity (Wildman–Crippen MR) is 79.3 cm³/mol. The van der Waals surface area contributed by atoms with Gasteiger partial charge in [-0.3, -0.25) is 9.59 Å². The Kier molecular flexibility index (Phi) is 3.72. The lowest BCUT2D eigenvalue weighted by Crippen LogP contribution is -2.34. The van der Waals surface area contributed by atoms with Gasteiger partial charge in [-0.05, 0) is 6.07 Å². The molecular weight excluding hydrogens is 270 g/mol. The molecule has 0 radical (unpaired) electrons. The highest BCUT2D eigenvalue weighted by molar-refractivity contribution is 6.05. The monoisotopic (exact) mass is 287 g/mol. The number of carbonyl (C=O) groups is 1. The number of fused-ring (bicyclic) bond motifs is 1.